The molecule has 0 aliphatic heterocycles. The summed E-state index contributed by atoms with van der Waals surface area (Å²) in [6.07, 6.45) is 10.7. The molecular formula is C17H32O3. The van der Waals surface area contributed by atoms with E-state index in [0.717, 1.165) is 19.3 Å². The molecular weight excluding hydrogens is 252 g/mol. The third kappa shape index (κ3) is 8.47. The van der Waals surface area contributed by atoms with Crippen molar-refractivity contribution in [2.24, 2.45) is 5.41 Å². The lowest BCUT2D eigenvalue weighted by molar-refractivity contribution is -0.138. The summed E-state index contributed by atoms with van der Waals surface area (Å²) < 4.78 is 0. The summed E-state index contributed by atoms with van der Waals surface area (Å²) in [5, 5.41) is 9.79. The second kappa shape index (κ2) is 11.0. The van der Waals surface area contributed by atoms with Crippen molar-refractivity contribution in [3.05, 3.63) is 0 Å². The third-order valence-corrected chi connectivity index (χ3v) is 3.84. The Kier molecular flexibility index (Phi) is 10.6. The van der Waals surface area contributed by atoms with Crippen molar-refractivity contribution in [2.45, 2.75) is 91.1 Å². The largest absolute Gasteiger partial charge is 0.384 e. The molecule has 0 saturated carbocycles. The molecule has 20 heavy (non-hydrogen) atoms. The van der Waals surface area contributed by atoms with Gasteiger partial charge in [0.15, 0.2) is 5.78 Å². The zero-order chi connectivity index (χ0) is 15.4. The molecule has 0 aliphatic carbocycles. The van der Waals surface area contributed by atoms with E-state index in [1.54, 1.807) is 13.8 Å². The van der Waals surface area contributed by atoms with E-state index in [0.29, 0.717) is 12.7 Å². The van der Waals surface area contributed by atoms with E-state index in [-0.39, 0.29) is 5.78 Å². The number of carbonyl (C=O) groups excluding carboxylic acids is 2. The molecule has 3 nitrogen and oxygen atoms in total. The Morgan fingerprint density at radius 2 is 1.45 bits per heavy atom. The van der Waals surface area contributed by atoms with E-state index in [4.69, 9.17) is 0 Å². The summed E-state index contributed by atoms with van der Waals surface area (Å²) in [6, 6.07) is 0. The monoisotopic (exact) mass is 284 g/mol. The summed E-state index contributed by atoms with van der Waals surface area (Å²) in [6.45, 7) is 5.41. The molecule has 3 heteroatoms. The number of hydrogen-bond acceptors (Lipinski definition) is 3. The van der Waals surface area contributed by atoms with Gasteiger partial charge in [0.2, 0.25) is 0 Å². The minimum absolute atomic E-state index is 0.204. The molecule has 0 amide bonds. The third-order valence-electron chi connectivity index (χ3n) is 3.84. The molecule has 0 rings (SSSR count). The quantitative estimate of drug-likeness (QED) is 0.410. The van der Waals surface area contributed by atoms with Crippen LogP contribution in [0.3, 0.4) is 0 Å². The molecule has 1 N–H and O–H groups in total. The van der Waals surface area contributed by atoms with Gasteiger partial charge in [-0.1, -0.05) is 72.1 Å². The van der Waals surface area contributed by atoms with Crippen LogP contribution in [0.25, 0.3) is 0 Å². The van der Waals surface area contributed by atoms with Gasteiger partial charge in [-0.25, -0.2) is 0 Å². The number of aldehydes is 1. The Bertz CT molecular complexity index is 271. The Morgan fingerprint density at radius 3 is 1.90 bits per heavy atom. The van der Waals surface area contributed by atoms with Gasteiger partial charge in [-0.2, -0.15) is 0 Å². The SMILES string of the molecule is CCCCCCCCCCCC(=O)C(O)C(C)(C)C=O. The Labute approximate surface area is 124 Å². The second-order valence-electron chi connectivity index (χ2n) is 6.39. The summed E-state index contributed by atoms with van der Waals surface area (Å²) in [5.41, 5.74) is -0.962. The van der Waals surface area contributed by atoms with Gasteiger partial charge in [0.25, 0.3) is 0 Å². The minimum Gasteiger partial charge on any atom is -0.384 e. The topological polar surface area (TPSA) is 54.4 Å². The molecule has 0 saturated heterocycles. The molecule has 0 aliphatic rings. The maximum Gasteiger partial charge on any atom is 0.162 e. The van der Waals surface area contributed by atoms with Gasteiger partial charge in [-0.15, -0.1) is 0 Å². The molecule has 0 aromatic rings. The zero-order valence-corrected chi connectivity index (χ0v) is 13.5. The van der Waals surface area contributed by atoms with Crippen LogP contribution in [0.1, 0.15) is 85.0 Å². The number of ketones is 1. The maximum atomic E-state index is 11.7. The first-order valence-corrected chi connectivity index (χ1v) is 8.12. The first-order chi connectivity index (χ1) is 9.45. The highest BCUT2D eigenvalue weighted by Gasteiger charge is 2.32. The van der Waals surface area contributed by atoms with Gasteiger partial charge < -0.3 is 9.90 Å². The average Bonchev–Trinajstić information content (AvgIpc) is 2.44. The Hall–Kier alpha value is -0.700. The molecule has 0 aromatic heterocycles. The van der Waals surface area contributed by atoms with E-state index < -0.39 is 11.5 Å². The summed E-state index contributed by atoms with van der Waals surface area (Å²) in [4.78, 5) is 22.5. The van der Waals surface area contributed by atoms with E-state index in [2.05, 4.69) is 6.92 Å². The van der Waals surface area contributed by atoms with Crippen molar-refractivity contribution in [3.63, 3.8) is 0 Å². The highest BCUT2D eigenvalue weighted by Crippen LogP contribution is 2.20. The van der Waals surface area contributed by atoms with Gasteiger partial charge in [0.05, 0.1) is 5.41 Å². The number of hydrogen-bond donors (Lipinski definition) is 1. The van der Waals surface area contributed by atoms with Crippen molar-refractivity contribution in [1.29, 1.82) is 0 Å². The second-order valence-corrected chi connectivity index (χ2v) is 6.39. The fourth-order valence-electron chi connectivity index (χ4n) is 2.23. The average molecular weight is 284 g/mol. The first kappa shape index (κ1) is 19.3. The van der Waals surface area contributed by atoms with Crippen molar-refractivity contribution in [3.8, 4) is 0 Å². The summed E-state index contributed by atoms with van der Waals surface area (Å²) in [7, 11) is 0. The minimum atomic E-state index is -1.16. The van der Waals surface area contributed by atoms with Crippen LogP contribution in [-0.2, 0) is 9.59 Å². The fourth-order valence-corrected chi connectivity index (χ4v) is 2.23. The fraction of sp³-hybridized carbons (Fsp3) is 0.882. The van der Waals surface area contributed by atoms with Crippen LogP contribution in [-0.4, -0.2) is 23.3 Å². The number of unbranched alkanes of at least 4 members (excludes halogenated alkanes) is 8. The molecule has 0 fully saturated rings. The van der Waals surface area contributed by atoms with Gasteiger partial charge >= 0.3 is 0 Å². The van der Waals surface area contributed by atoms with Crippen molar-refractivity contribution in [1.82, 2.24) is 0 Å². The van der Waals surface area contributed by atoms with Crippen LogP contribution in [0.15, 0.2) is 0 Å². The molecule has 0 bridgehead atoms. The normalized spacial score (nSPS) is 13.2. The van der Waals surface area contributed by atoms with Gasteiger partial charge in [0.1, 0.15) is 12.4 Å². The first-order valence-electron chi connectivity index (χ1n) is 8.12. The highest BCUT2D eigenvalue weighted by molar-refractivity contribution is 5.86. The van der Waals surface area contributed by atoms with Gasteiger partial charge in [-0.3, -0.25) is 4.79 Å². The molecule has 118 valence electrons. The Balaban J connectivity index is 3.56. The van der Waals surface area contributed by atoms with Crippen LogP contribution >= 0.6 is 0 Å². The molecule has 1 atom stereocenters. The summed E-state index contributed by atoms with van der Waals surface area (Å²) in [5.74, 6) is -0.204. The van der Waals surface area contributed by atoms with E-state index >= 15 is 0 Å². The lowest BCUT2D eigenvalue weighted by atomic mass is 9.84. The smallest absolute Gasteiger partial charge is 0.162 e. The van der Waals surface area contributed by atoms with Crippen LogP contribution in [0, 0.1) is 5.41 Å². The Morgan fingerprint density at radius 1 is 1.00 bits per heavy atom. The van der Waals surface area contributed by atoms with Crippen LogP contribution in [0.4, 0.5) is 0 Å². The number of rotatable bonds is 13. The molecule has 0 aromatic carbocycles. The highest BCUT2D eigenvalue weighted by atomic mass is 16.3. The predicted molar refractivity (Wildman–Crippen MR) is 82.7 cm³/mol. The van der Waals surface area contributed by atoms with Crippen LogP contribution in [0.2, 0.25) is 0 Å². The summed E-state index contributed by atoms with van der Waals surface area (Å²) >= 11 is 0. The van der Waals surface area contributed by atoms with E-state index in [1.807, 2.05) is 0 Å². The number of carbonyl (C=O) groups is 2. The van der Waals surface area contributed by atoms with E-state index in [1.165, 1.54) is 38.5 Å². The lowest BCUT2D eigenvalue weighted by Crippen LogP contribution is -2.37. The molecule has 0 heterocycles. The number of Topliss-reactive ketones (excluding diaryl/α,β-unsaturated/α-hetero) is 1. The molecule has 0 radical (unpaired) electrons. The predicted octanol–water partition coefficient (Wildman–Crippen LogP) is 4.06. The maximum absolute atomic E-state index is 11.7. The van der Waals surface area contributed by atoms with Crippen molar-refractivity contribution in [2.75, 3.05) is 0 Å². The van der Waals surface area contributed by atoms with Crippen LogP contribution in [0.5, 0.6) is 0 Å². The van der Waals surface area contributed by atoms with Gasteiger partial charge in [-0.05, 0) is 6.42 Å². The van der Waals surface area contributed by atoms with E-state index in [9.17, 15) is 14.7 Å². The number of aliphatic hydroxyl groups is 1. The van der Waals surface area contributed by atoms with Crippen molar-refractivity contribution < 1.29 is 14.7 Å². The number of aliphatic hydroxyl groups excluding tert-OH is 1. The lowest BCUT2D eigenvalue weighted by Gasteiger charge is -2.22. The molecule has 0 spiro atoms. The standard InChI is InChI=1S/C17H32O3/c1-4-5-6-7-8-9-10-11-12-13-15(19)16(20)17(2,3)14-18/h14,16,20H,4-13H2,1-3H3. The van der Waals surface area contributed by atoms with Crippen molar-refractivity contribution >= 4 is 12.1 Å². The van der Waals surface area contributed by atoms with Gasteiger partial charge in [0, 0.05) is 6.42 Å². The molecule has 1 unspecified atom stereocenters. The van der Waals surface area contributed by atoms with Crippen LogP contribution < -0.4 is 0 Å². The zero-order valence-electron chi connectivity index (χ0n) is 13.5.